The van der Waals surface area contributed by atoms with E-state index in [1.54, 1.807) is 4.90 Å². The van der Waals surface area contributed by atoms with E-state index in [1.807, 2.05) is 42.5 Å². The van der Waals surface area contributed by atoms with Crippen LogP contribution in [0.3, 0.4) is 0 Å². The van der Waals surface area contributed by atoms with Crippen LogP contribution in [0.25, 0.3) is 0 Å². The van der Waals surface area contributed by atoms with Crippen LogP contribution in [0, 0.1) is 5.92 Å². The number of halogens is 1. The molecule has 0 bridgehead atoms. The number of fused-ring (bicyclic) bond motifs is 1. The van der Waals surface area contributed by atoms with Crippen molar-refractivity contribution in [1.29, 1.82) is 0 Å². The van der Waals surface area contributed by atoms with E-state index < -0.39 is 5.92 Å². The molecule has 1 atom stereocenters. The Hall–Kier alpha value is -2.54. The fraction of sp³-hybridized carbons (Fsp3) is 0.300. The first-order valence-corrected chi connectivity index (χ1v) is 9.64. The van der Waals surface area contributed by atoms with Crippen LogP contribution < -0.4 is 19.7 Å². The van der Waals surface area contributed by atoms with Crippen molar-refractivity contribution < 1.29 is 19.1 Å². The molecule has 1 saturated heterocycles. The van der Waals surface area contributed by atoms with Crippen molar-refractivity contribution in [2.45, 2.75) is 13.0 Å². The molecule has 0 aliphatic carbocycles. The average molecular weight is 431 g/mol. The van der Waals surface area contributed by atoms with E-state index in [2.05, 4.69) is 21.2 Å². The summed E-state index contributed by atoms with van der Waals surface area (Å²) < 4.78 is 12.0. The Labute approximate surface area is 165 Å². The monoisotopic (exact) mass is 430 g/mol. The summed E-state index contributed by atoms with van der Waals surface area (Å²) in [7, 11) is 0. The predicted octanol–water partition coefficient (Wildman–Crippen LogP) is 2.89. The van der Waals surface area contributed by atoms with Gasteiger partial charge in [-0.15, -0.1) is 0 Å². The second kappa shape index (κ2) is 7.60. The number of amides is 2. The van der Waals surface area contributed by atoms with Gasteiger partial charge in [0.2, 0.25) is 11.8 Å². The molecule has 140 valence electrons. The van der Waals surface area contributed by atoms with Crippen LogP contribution >= 0.6 is 15.9 Å². The molecule has 0 aromatic heterocycles. The fourth-order valence-electron chi connectivity index (χ4n) is 3.33. The Morgan fingerprint density at radius 1 is 1.15 bits per heavy atom. The van der Waals surface area contributed by atoms with Gasteiger partial charge in [0, 0.05) is 23.2 Å². The molecule has 1 fully saturated rings. The third-order valence-corrected chi connectivity index (χ3v) is 5.21. The normalized spacial score (nSPS) is 18.5. The standard InChI is InChI=1S/C20H19BrN2O4/c21-14-2-1-3-15(11-14)23-7-6-16(20(23)25)19(24)22-12-13-4-5-17-18(10-13)27-9-8-26-17/h1-5,10-11,16H,6-9,12H2,(H,22,24). The van der Waals surface area contributed by atoms with Gasteiger partial charge < -0.3 is 19.7 Å². The van der Waals surface area contributed by atoms with Gasteiger partial charge in [-0.2, -0.15) is 0 Å². The maximum atomic E-state index is 12.7. The Morgan fingerprint density at radius 3 is 2.78 bits per heavy atom. The van der Waals surface area contributed by atoms with Gasteiger partial charge in [-0.05, 0) is 42.3 Å². The molecule has 2 aromatic carbocycles. The molecule has 2 aromatic rings. The van der Waals surface area contributed by atoms with Gasteiger partial charge in [0.15, 0.2) is 11.5 Å². The molecule has 1 N–H and O–H groups in total. The highest BCUT2D eigenvalue weighted by molar-refractivity contribution is 9.10. The Morgan fingerprint density at radius 2 is 1.96 bits per heavy atom. The number of nitrogens with one attached hydrogen (secondary N) is 1. The van der Waals surface area contributed by atoms with Gasteiger partial charge in [-0.3, -0.25) is 9.59 Å². The third kappa shape index (κ3) is 3.78. The molecule has 2 aliphatic rings. The van der Waals surface area contributed by atoms with Gasteiger partial charge in [-0.25, -0.2) is 0 Å². The summed E-state index contributed by atoms with van der Waals surface area (Å²) in [5.41, 5.74) is 1.71. The number of ether oxygens (including phenoxy) is 2. The first kappa shape index (κ1) is 17.9. The van der Waals surface area contributed by atoms with E-state index >= 15 is 0 Å². The lowest BCUT2D eigenvalue weighted by Crippen LogP contribution is -2.36. The van der Waals surface area contributed by atoms with Crippen LogP contribution in [0.1, 0.15) is 12.0 Å². The highest BCUT2D eigenvalue weighted by atomic mass is 79.9. The van der Waals surface area contributed by atoms with Crippen LogP contribution in [-0.2, 0) is 16.1 Å². The molecule has 2 heterocycles. The zero-order chi connectivity index (χ0) is 18.8. The topological polar surface area (TPSA) is 67.9 Å². The van der Waals surface area contributed by atoms with Crippen molar-refractivity contribution in [2.24, 2.45) is 5.92 Å². The van der Waals surface area contributed by atoms with Gasteiger partial charge in [0.25, 0.3) is 0 Å². The minimum Gasteiger partial charge on any atom is -0.486 e. The number of nitrogens with zero attached hydrogens (tertiary/aromatic N) is 1. The highest BCUT2D eigenvalue weighted by Gasteiger charge is 2.37. The van der Waals surface area contributed by atoms with Crippen molar-refractivity contribution in [3.05, 3.63) is 52.5 Å². The van der Waals surface area contributed by atoms with Gasteiger partial charge in [-0.1, -0.05) is 28.1 Å². The molecule has 2 aliphatic heterocycles. The highest BCUT2D eigenvalue weighted by Crippen LogP contribution is 2.31. The fourth-order valence-corrected chi connectivity index (χ4v) is 3.72. The van der Waals surface area contributed by atoms with E-state index in [4.69, 9.17) is 9.47 Å². The SMILES string of the molecule is O=C(NCc1ccc2c(c1)OCCO2)C1CCN(c2cccc(Br)c2)C1=O. The van der Waals surface area contributed by atoms with Crippen LogP contribution in [-0.4, -0.2) is 31.6 Å². The summed E-state index contributed by atoms with van der Waals surface area (Å²) in [5, 5.41) is 2.87. The summed E-state index contributed by atoms with van der Waals surface area (Å²) in [6, 6.07) is 13.1. The van der Waals surface area contributed by atoms with Crippen molar-refractivity contribution in [3.63, 3.8) is 0 Å². The van der Waals surface area contributed by atoms with Gasteiger partial charge in [0.1, 0.15) is 19.1 Å². The van der Waals surface area contributed by atoms with Crippen LogP contribution in [0.15, 0.2) is 46.9 Å². The summed E-state index contributed by atoms with van der Waals surface area (Å²) in [6.07, 6.45) is 0.512. The molecule has 7 heteroatoms. The molecule has 0 saturated carbocycles. The Bertz CT molecular complexity index is 886. The first-order chi connectivity index (χ1) is 13.1. The molecule has 2 amide bonds. The number of hydrogen-bond donors (Lipinski definition) is 1. The second-order valence-corrected chi connectivity index (χ2v) is 7.42. The van der Waals surface area contributed by atoms with Crippen molar-refractivity contribution >= 4 is 33.4 Å². The smallest absolute Gasteiger partial charge is 0.239 e. The second-order valence-electron chi connectivity index (χ2n) is 6.51. The average Bonchev–Trinajstić information content (AvgIpc) is 3.07. The number of hydrogen-bond acceptors (Lipinski definition) is 4. The van der Waals surface area contributed by atoms with Gasteiger partial charge in [0.05, 0.1) is 0 Å². The van der Waals surface area contributed by atoms with Crippen molar-refractivity contribution in [1.82, 2.24) is 5.32 Å². The van der Waals surface area contributed by atoms with Crippen LogP contribution in [0.5, 0.6) is 11.5 Å². The molecule has 6 nitrogen and oxygen atoms in total. The van der Waals surface area contributed by atoms with E-state index in [0.29, 0.717) is 44.2 Å². The number of carbonyl (C=O) groups excluding carboxylic acids is 2. The van der Waals surface area contributed by atoms with Crippen LogP contribution in [0.4, 0.5) is 5.69 Å². The molecule has 1 unspecified atom stereocenters. The third-order valence-electron chi connectivity index (χ3n) is 4.72. The quantitative estimate of drug-likeness (QED) is 0.757. The summed E-state index contributed by atoms with van der Waals surface area (Å²) in [5.74, 6) is 0.346. The predicted molar refractivity (Wildman–Crippen MR) is 104 cm³/mol. The Kier molecular flexibility index (Phi) is 5.03. The lowest BCUT2D eigenvalue weighted by atomic mass is 10.1. The number of rotatable bonds is 4. The summed E-state index contributed by atoms with van der Waals surface area (Å²) in [4.78, 5) is 26.9. The molecule has 27 heavy (non-hydrogen) atoms. The zero-order valence-electron chi connectivity index (χ0n) is 14.6. The molecular weight excluding hydrogens is 412 g/mol. The maximum absolute atomic E-state index is 12.7. The molecule has 0 spiro atoms. The van der Waals surface area contributed by atoms with Crippen LogP contribution in [0.2, 0.25) is 0 Å². The maximum Gasteiger partial charge on any atom is 0.239 e. The first-order valence-electron chi connectivity index (χ1n) is 8.85. The lowest BCUT2D eigenvalue weighted by molar-refractivity contribution is -0.132. The van der Waals surface area contributed by atoms with E-state index in [0.717, 1.165) is 15.7 Å². The molecule has 0 radical (unpaired) electrons. The number of benzene rings is 2. The number of anilines is 1. The van der Waals surface area contributed by atoms with Crippen molar-refractivity contribution in [2.75, 3.05) is 24.7 Å². The number of carbonyl (C=O) groups is 2. The zero-order valence-corrected chi connectivity index (χ0v) is 16.2. The largest absolute Gasteiger partial charge is 0.486 e. The van der Waals surface area contributed by atoms with Gasteiger partial charge >= 0.3 is 0 Å². The van der Waals surface area contributed by atoms with E-state index in [-0.39, 0.29) is 11.8 Å². The Balaban J connectivity index is 1.38. The van der Waals surface area contributed by atoms with E-state index in [9.17, 15) is 9.59 Å². The van der Waals surface area contributed by atoms with E-state index in [1.165, 1.54) is 0 Å². The summed E-state index contributed by atoms with van der Waals surface area (Å²) in [6.45, 7) is 1.94. The summed E-state index contributed by atoms with van der Waals surface area (Å²) >= 11 is 3.41. The molecular formula is C20H19BrN2O4. The minimum atomic E-state index is -0.652. The van der Waals surface area contributed by atoms with Crippen molar-refractivity contribution in [3.8, 4) is 11.5 Å². The molecule has 4 rings (SSSR count). The minimum absolute atomic E-state index is 0.159. The lowest BCUT2D eigenvalue weighted by Gasteiger charge is -2.19.